The van der Waals surface area contributed by atoms with Crippen molar-refractivity contribution in [3.05, 3.63) is 11.8 Å². The van der Waals surface area contributed by atoms with Crippen molar-refractivity contribution < 1.29 is 19.1 Å². The highest BCUT2D eigenvalue weighted by Gasteiger charge is 2.53. The molecule has 0 unspecified atom stereocenters. The fourth-order valence-corrected chi connectivity index (χ4v) is 4.31. The molecule has 1 amide bonds. The summed E-state index contributed by atoms with van der Waals surface area (Å²) in [7, 11) is 0. The second kappa shape index (κ2) is 7.84. The fraction of sp³-hybridized carbons (Fsp3) is 0.824. The van der Waals surface area contributed by atoms with Crippen LogP contribution in [0.25, 0.3) is 0 Å². The Morgan fingerprint density at radius 2 is 2.12 bits per heavy atom. The van der Waals surface area contributed by atoms with E-state index < -0.39 is 17.2 Å². The second-order valence-electron chi connectivity index (χ2n) is 7.46. The molecule has 2 fully saturated rings. The van der Waals surface area contributed by atoms with Crippen LogP contribution in [-0.4, -0.2) is 75.1 Å². The monoisotopic (exact) mass is 384 g/mol. The number of piperidine rings is 1. The van der Waals surface area contributed by atoms with Crippen LogP contribution in [-0.2, 0) is 16.1 Å². The molecule has 2 N–H and O–H groups in total. The first-order valence-corrected chi connectivity index (χ1v) is 10.4. The lowest BCUT2D eigenvalue weighted by Gasteiger charge is -2.53. The molecule has 2 saturated heterocycles. The molecule has 3 heterocycles. The highest BCUT2D eigenvalue weighted by atomic mass is 32.2. The van der Waals surface area contributed by atoms with Gasteiger partial charge >= 0.3 is 0 Å². The van der Waals surface area contributed by atoms with Crippen LogP contribution in [0.1, 0.15) is 38.0 Å². The van der Waals surface area contributed by atoms with Crippen molar-refractivity contribution in [2.24, 2.45) is 0 Å². The molecule has 1 aromatic heterocycles. The molecule has 146 valence electrons. The van der Waals surface area contributed by atoms with Crippen molar-refractivity contribution in [3.8, 4) is 0 Å². The van der Waals surface area contributed by atoms with Crippen LogP contribution in [0.15, 0.2) is 4.42 Å². The molecule has 0 aromatic carbocycles. The van der Waals surface area contributed by atoms with E-state index in [2.05, 4.69) is 20.4 Å². The predicted octanol–water partition coefficient (Wildman–Crippen LogP) is 0.732. The number of amides is 1. The van der Waals surface area contributed by atoms with Crippen LogP contribution < -0.4 is 5.32 Å². The third-order valence-corrected chi connectivity index (χ3v) is 5.99. The van der Waals surface area contributed by atoms with Crippen LogP contribution in [0.5, 0.6) is 0 Å². The number of aliphatic hydroxyl groups excluding tert-OH is 1. The first-order chi connectivity index (χ1) is 12.4. The summed E-state index contributed by atoms with van der Waals surface area (Å²) in [6.07, 6.45) is 3.18. The summed E-state index contributed by atoms with van der Waals surface area (Å²) in [6, 6.07) is 0. The molecule has 1 spiro atoms. The average molecular weight is 385 g/mol. The summed E-state index contributed by atoms with van der Waals surface area (Å²) < 4.78 is 11.5. The average Bonchev–Trinajstić information content (AvgIpc) is 3.00. The minimum absolute atomic E-state index is 0.0414. The number of carbonyl (C=O) groups is 1. The Bertz CT molecular complexity index is 632. The van der Waals surface area contributed by atoms with Gasteiger partial charge in [-0.15, -0.1) is 10.2 Å². The van der Waals surface area contributed by atoms with Gasteiger partial charge in [0.1, 0.15) is 6.10 Å². The van der Waals surface area contributed by atoms with Crippen molar-refractivity contribution in [3.63, 3.8) is 0 Å². The highest BCUT2D eigenvalue weighted by molar-refractivity contribution is 7.99. The number of aromatic nitrogens is 2. The van der Waals surface area contributed by atoms with E-state index >= 15 is 0 Å². The van der Waals surface area contributed by atoms with E-state index in [-0.39, 0.29) is 5.91 Å². The van der Waals surface area contributed by atoms with Gasteiger partial charge in [0.15, 0.2) is 0 Å². The van der Waals surface area contributed by atoms with Crippen LogP contribution in [0, 0.1) is 6.92 Å². The molecule has 2 aliphatic rings. The maximum absolute atomic E-state index is 12.1. The maximum Gasteiger partial charge on any atom is 0.230 e. The lowest BCUT2D eigenvalue weighted by molar-refractivity contribution is -0.208. The first kappa shape index (κ1) is 19.6. The van der Waals surface area contributed by atoms with E-state index in [1.807, 2.05) is 13.2 Å². The molecule has 2 atom stereocenters. The fourth-order valence-electron chi connectivity index (χ4n) is 3.98. The van der Waals surface area contributed by atoms with Gasteiger partial charge < -0.3 is 19.6 Å². The molecule has 0 bridgehead atoms. The number of aliphatic hydroxyl groups is 1. The highest BCUT2D eigenvalue weighted by Crippen LogP contribution is 2.40. The molecule has 26 heavy (non-hydrogen) atoms. The molecule has 2 aliphatic heterocycles. The number of hydrogen-bond donors (Lipinski definition) is 2. The number of carbonyl (C=O) groups excluding carboxylic acids is 1. The Hall–Kier alpha value is -1.16. The van der Waals surface area contributed by atoms with Gasteiger partial charge in [0, 0.05) is 26.6 Å². The predicted molar refractivity (Wildman–Crippen MR) is 97.8 cm³/mol. The van der Waals surface area contributed by atoms with E-state index in [1.54, 1.807) is 6.92 Å². The summed E-state index contributed by atoms with van der Waals surface area (Å²) in [5.74, 6) is 1.53. The van der Waals surface area contributed by atoms with Gasteiger partial charge in [-0.3, -0.25) is 9.69 Å². The summed E-state index contributed by atoms with van der Waals surface area (Å²) in [5.41, 5.74) is -1.27. The Morgan fingerprint density at radius 3 is 2.73 bits per heavy atom. The van der Waals surface area contributed by atoms with Crippen LogP contribution in [0.4, 0.5) is 0 Å². The standard InChI is InChI=1S/C17H28N4O4S/c1-12-19-20-14(25-12)10-21-7-4-17(5-8-21)15(23)16(2,6-9-24-17)18-13(22)11-26-3/h15,23H,4-11H2,1-3H3,(H,18,22)/t15-,16+/m0/s1. The number of likely N-dealkylation sites (tertiary alicyclic amines) is 1. The van der Waals surface area contributed by atoms with Gasteiger partial charge in [-0.25, -0.2) is 0 Å². The number of nitrogens with zero attached hydrogens (tertiary/aromatic N) is 3. The molecule has 0 saturated carbocycles. The zero-order valence-corrected chi connectivity index (χ0v) is 16.5. The normalized spacial score (nSPS) is 29.0. The Kier molecular flexibility index (Phi) is 5.91. The largest absolute Gasteiger partial charge is 0.424 e. The van der Waals surface area contributed by atoms with Crippen molar-refractivity contribution in [2.45, 2.75) is 56.9 Å². The maximum atomic E-state index is 12.1. The molecular weight excluding hydrogens is 356 g/mol. The smallest absolute Gasteiger partial charge is 0.230 e. The number of rotatable bonds is 5. The molecule has 0 aliphatic carbocycles. The van der Waals surface area contributed by atoms with Crippen LogP contribution >= 0.6 is 11.8 Å². The molecule has 9 heteroatoms. The molecule has 0 radical (unpaired) electrons. The number of thioether (sulfide) groups is 1. The van der Waals surface area contributed by atoms with Crippen molar-refractivity contribution in [1.82, 2.24) is 20.4 Å². The third-order valence-electron chi connectivity index (χ3n) is 5.44. The number of ether oxygens (including phenoxy) is 1. The van der Waals surface area contributed by atoms with Crippen LogP contribution in [0.3, 0.4) is 0 Å². The molecule has 3 rings (SSSR count). The Balaban J connectivity index is 1.62. The van der Waals surface area contributed by atoms with E-state index in [0.29, 0.717) is 49.9 Å². The summed E-state index contributed by atoms with van der Waals surface area (Å²) in [6.45, 7) is 6.39. The zero-order chi connectivity index (χ0) is 18.8. The molecule has 8 nitrogen and oxygen atoms in total. The van der Waals surface area contributed by atoms with E-state index in [1.165, 1.54) is 11.8 Å². The number of aryl methyl sites for hydroxylation is 1. The lowest BCUT2D eigenvalue weighted by Crippen LogP contribution is -2.69. The van der Waals surface area contributed by atoms with Crippen LogP contribution in [0.2, 0.25) is 0 Å². The quantitative estimate of drug-likeness (QED) is 0.766. The summed E-state index contributed by atoms with van der Waals surface area (Å²) in [4.78, 5) is 14.3. The van der Waals surface area contributed by atoms with Crippen molar-refractivity contribution >= 4 is 17.7 Å². The van der Waals surface area contributed by atoms with Crippen molar-refractivity contribution in [2.75, 3.05) is 31.7 Å². The SMILES string of the molecule is CSCC(=O)N[C@]1(C)CCOC2(CCN(Cc3nnc(C)o3)CC2)[C@H]1O. The molecular formula is C17H28N4O4S. The Morgan fingerprint density at radius 1 is 1.38 bits per heavy atom. The van der Waals surface area contributed by atoms with Gasteiger partial charge in [-0.2, -0.15) is 11.8 Å². The third kappa shape index (κ3) is 4.05. The Labute approximate surface area is 158 Å². The zero-order valence-electron chi connectivity index (χ0n) is 15.7. The topological polar surface area (TPSA) is 101 Å². The van der Waals surface area contributed by atoms with E-state index in [4.69, 9.17) is 9.15 Å². The minimum atomic E-state index is -0.734. The molecule has 1 aromatic rings. The van der Waals surface area contributed by atoms with Gasteiger partial charge in [0.05, 0.1) is 23.4 Å². The van der Waals surface area contributed by atoms with E-state index in [0.717, 1.165) is 13.1 Å². The lowest BCUT2D eigenvalue weighted by atomic mass is 9.73. The second-order valence-corrected chi connectivity index (χ2v) is 8.32. The number of hydrogen-bond acceptors (Lipinski definition) is 8. The van der Waals surface area contributed by atoms with E-state index in [9.17, 15) is 9.90 Å². The van der Waals surface area contributed by atoms with Gasteiger partial charge in [0.25, 0.3) is 0 Å². The van der Waals surface area contributed by atoms with Gasteiger partial charge in [-0.1, -0.05) is 0 Å². The summed E-state index contributed by atoms with van der Waals surface area (Å²) in [5, 5.41) is 22.0. The minimum Gasteiger partial charge on any atom is -0.424 e. The van der Waals surface area contributed by atoms with Crippen molar-refractivity contribution in [1.29, 1.82) is 0 Å². The van der Waals surface area contributed by atoms with Gasteiger partial charge in [-0.05, 0) is 32.4 Å². The number of nitrogens with one attached hydrogen (secondary N) is 1. The van der Waals surface area contributed by atoms with Gasteiger partial charge in [0.2, 0.25) is 17.7 Å². The summed E-state index contributed by atoms with van der Waals surface area (Å²) >= 11 is 1.48. The first-order valence-electron chi connectivity index (χ1n) is 9.00.